The molecule has 0 heterocycles. The Hall–Kier alpha value is -1.54. The van der Waals surface area contributed by atoms with Gasteiger partial charge in [0.25, 0.3) is 0 Å². The van der Waals surface area contributed by atoms with Crippen LogP contribution in [0.2, 0.25) is 0 Å². The van der Waals surface area contributed by atoms with Gasteiger partial charge in [0.05, 0.1) is 6.61 Å². The van der Waals surface area contributed by atoms with Crippen LogP contribution in [0.1, 0.15) is 24.8 Å². The lowest BCUT2D eigenvalue weighted by Crippen LogP contribution is -2.37. The molecule has 1 fully saturated rings. The van der Waals surface area contributed by atoms with Gasteiger partial charge in [-0.3, -0.25) is 0 Å². The van der Waals surface area contributed by atoms with E-state index in [0.29, 0.717) is 5.75 Å². The van der Waals surface area contributed by atoms with Gasteiger partial charge in [-0.15, -0.1) is 0 Å². The molecule has 2 aromatic carbocycles. The number of phenolic OH excluding ortho intramolecular Hbond substituents is 1. The summed E-state index contributed by atoms with van der Waals surface area (Å²) < 4.78 is 0. The topological polar surface area (TPSA) is 40.5 Å². The number of fused-ring (bicyclic) bond motifs is 1. The molecule has 1 saturated carbocycles. The predicted octanol–water partition coefficient (Wildman–Crippen LogP) is 2.96. The molecule has 0 saturated heterocycles. The SMILES string of the molecule is OCC1(c2ccc3c(O)cccc3c2)CCC1. The number of rotatable bonds is 2. The van der Waals surface area contributed by atoms with E-state index in [0.717, 1.165) is 23.6 Å². The van der Waals surface area contributed by atoms with E-state index in [1.54, 1.807) is 6.07 Å². The van der Waals surface area contributed by atoms with Crippen molar-refractivity contribution in [2.24, 2.45) is 0 Å². The monoisotopic (exact) mass is 228 g/mol. The van der Waals surface area contributed by atoms with Crippen LogP contribution in [0, 0.1) is 0 Å². The number of hydrogen-bond donors (Lipinski definition) is 2. The van der Waals surface area contributed by atoms with E-state index < -0.39 is 0 Å². The van der Waals surface area contributed by atoms with E-state index in [-0.39, 0.29) is 12.0 Å². The molecular formula is C15H16O2. The molecule has 2 heteroatoms. The van der Waals surface area contributed by atoms with Crippen molar-refractivity contribution >= 4 is 10.8 Å². The summed E-state index contributed by atoms with van der Waals surface area (Å²) in [4.78, 5) is 0. The average molecular weight is 228 g/mol. The van der Waals surface area contributed by atoms with Crippen LogP contribution in [-0.2, 0) is 5.41 Å². The maximum Gasteiger partial charge on any atom is 0.123 e. The molecule has 88 valence electrons. The third-order valence-electron chi connectivity index (χ3n) is 4.08. The number of aliphatic hydroxyl groups excluding tert-OH is 1. The quantitative estimate of drug-likeness (QED) is 0.829. The number of aliphatic hydroxyl groups is 1. The second-order valence-corrected chi connectivity index (χ2v) is 5.01. The summed E-state index contributed by atoms with van der Waals surface area (Å²) in [6.07, 6.45) is 3.32. The highest BCUT2D eigenvalue weighted by molar-refractivity contribution is 5.88. The predicted molar refractivity (Wildman–Crippen MR) is 68.2 cm³/mol. The first-order chi connectivity index (χ1) is 8.25. The minimum absolute atomic E-state index is 0.0281. The van der Waals surface area contributed by atoms with Gasteiger partial charge in [-0.05, 0) is 29.9 Å². The van der Waals surface area contributed by atoms with Gasteiger partial charge in [0.15, 0.2) is 0 Å². The van der Waals surface area contributed by atoms with E-state index >= 15 is 0 Å². The van der Waals surface area contributed by atoms with Crippen LogP contribution in [0.25, 0.3) is 10.8 Å². The highest BCUT2D eigenvalue weighted by Crippen LogP contribution is 2.44. The molecule has 0 unspecified atom stereocenters. The van der Waals surface area contributed by atoms with Crippen molar-refractivity contribution < 1.29 is 10.2 Å². The highest BCUT2D eigenvalue weighted by Gasteiger charge is 2.37. The normalized spacial score (nSPS) is 17.9. The van der Waals surface area contributed by atoms with Gasteiger partial charge in [-0.2, -0.15) is 0 Å². The standard InChI is InChI=1S/C15H16O2/c16-10-15(7-2-8-15)12-5-6-13-11(9-12)3-1-4-14(13)17/h1,3-6,9,16-17H,2,7-8,10H2. The van der Waals surface area contributed by atoms with Crippen LogP contribution >= 0.6 is 0 Å². The van der Waals surface area contributed by atoms with Gasteiger partial charge in [0.1, 0.15) is 5.75 Å². The fourth-order valence-electron chi connectivity index (χ4n) is 2.74. The molecule has 2 aromatic rings. The van der Waals surface area contributed by atoms with Crippen LogP contribution in [0.5, 0.6) is 5.75 Å². The highest BCUT2D eigenvalue weighted by atomic mass is 16.3. The van der Waals surface area contributed by atoms with Gasteiger partial charge in [-0.1, -0.05) is 36.8 Å². The van der Waals surface area contributed by atoms with Gasteiger partial charge in [-0.25, -0.2) is 0 Å². The molecule has 0 spiro atoms. The lowest BCUT2D eigenvalue weighted by Gasteiger charge is -2.41. The molecule has 17 heavy (non-hydrogen) atoms. The number of benzene rings is 2. The van der Waals surface area contributed by atoms with Crippen molar-refractivity contribution in [2.45, 2.75) is 24.7 Å². The minimum atomic E-state index is -0.0281. The summed E-state index contributed by atoms with van der Waals surface area (Å²) in [6.45, 7) is 0.220. The van der Waals surface area contributed by atoms with Crippen molar-refractivity contribution in [3.63, 3.8) is 0 Å². The third kappa shape index (κ3) is 1.52. The molecule has 2 N–H and O–H groups in total. The Labute approximate surface area is 101 Å². The minimum Gasteiger partial charge on any atom is -0.507 e. The Bertz CT molecular complexity index is 550. The van der Waals surface area contributed by atoms with Gasteiger partial charge < -0.3 is 10.2 Å². The molecule has 1 aliphatic rings. The zero-order valence-corrected chi connectivity index (χ0v) is 9.69. The second-order valence-electron chi connectivity index (χ2n) is 5.01. The number of phenols is 1. The largest absolute Gasteiger partial charge is 0.507 e. The first kappa shape index (κ1) is 10.6. The Morgan fingerprint density at radius 1 is 1.12 bits per heavy atom. The Balaban J connectivity index is 2.14. The van der Waals surface area contributed by atoms with E-state index in [4.69, 9.17) is 0 Å². The van der Waals surface area contributed by atoms with E-state index in [9.17, 15) is 10.2 Å². The van der Waals surface area contributed by atoms with Crippen molar-refractivity contribution in [2.75, 3.05) is 6.61 Å². The fraction of sp³-hybridized carbons (Fsp3) is 0.333. The third-order valence-corrected chi connectivity index (χ3v) is 4.08. The Morgan fingerprint density at radius 2 is 1.94 bits per heavy atom. The number of hydrogen-bond acceptors (Lipinski definition) is 2. The number of aromatic hydroxyl groups is 1. The smallest absolute Gasteiger partial charge is 0.123 e. The average Bonchev–Trinajstić information content (AvgIpc) is 2.28. The molecule has 0 radical (unpaired) electrons. The summed E-state index contributed by atoms with van der Waals surface area (Å²) in [5, 5.41) is 21.2. The second kappa shape index (κ2) is 3.74. The molecule has 0 amide bonds. The van der Waals surface area contributed by atoms with E-state index in [1.165, 1.54) is 12.0 Å². The van der Waals surface area contributed by atoms with Gasteiger partial charge in [0, 0.05) is 10.8 Å². The molecule has 0 aliphatic heterocycles. The molecule has 0 bridgehead atoms. The molecule has 0 atom stereocenters. The van der Waals surface area contributed by atoms with Crippen molar-refractivity contribution in [3.8, 4) is 5.75 Å². The fourth-order valence-corrected chi connectivity index (χ4v) is 2.74. The maximum absolute atomic E-state index is 9.74. The molecular weight excluding hydrogens is 212 g/mol. The Kier molecular flexibility index (Phi) is 2.33. The first-order valence-corrected chi connectivity index (χ1v) is 6.08. The first-order valence-electron chi connectivity index (χ1n) is 6.08. The zero-order chi connectivity index (χ0) is 11.9. The molecule has 0 aromatic heterocycles. The van der Waals surface area contributed by atoms with Crippen LogP contribution in [0.4, 0.5) is 0 Å². The summed E-state index contributed by atoms with van der Waals surface area (Å²) in [5.41, 5.74) is 1.17. The summed E-state index contributed by atoms with van der Waals surface area (Å²) in [7, 11) is 0. The zero-order valence-electron chi connectivity index (χ0n) is 9.69. The lowest BCUT2D eigenvalue weighted by molar-refractivity contribution is 0.120. The molecule has 3 rings (SSSR count). The summed E-state index contributed by atoms with van der Waals surface area (Å²) >= 11 is 0. The lowest BCUT2D eigenvalue weighted by atomic mass is 9.65. The van der Waals surface area contributed by atoms with Gasteiger partial charge >= 0.3 is 0 Å². The van der Waals surface area contributed by atoms with Crippen LogP contribution in [0.3, 0.4) is 0 Å². The molecule has 1 aliphatic carbocycles. The van der Waals surface area contributed by atoms with E-state index in [1.807, 2.05) is 24.3 Å². The van der Waals surface area contributed by atoms with Crippen molar-refractivity contribution in [1.82, 2.24) is 0 Å². The van der Waals surface area contributed by atoms with E-state index in [2.05, 4.69) is 6.07 Å². The molecule has 2 nitrogen and oxygen atoms in total. The maximum atomic E-state index is 9.74. The van der Waals surface area contributed by atoms with Gasteiger partial charge in [0.2, 0.25) is 0 Å². The Morgan fingerprint density at radius 3 is 2.59 bits per heavy atom. The van der Waals surface area contributed by atoms with Crippen molar-refractivity contribution in [3.05, 3.63) is 42.0 Å². The van der Waals surface area contributed by atoms with Crippen LogP contribution in [-0.4, -0.2) is 16.8 Å². The summed E-state index contributed by atoms with van der Waals surface area (Å²) in [5.74, 6) is 0.320. The van der Waals surface area contributed by atoms with Crippen LogP contribution < -0.4 is 0 Å². The van der Waals surface area contributed by atoms with Crippen molar-refractivity contribution in [1.29, 1.82) is 0 Å². The summed E-state index contributed by atoms with van der Waals surface area (Å²) in [6, 6.07) is 11.7. The van der Waals surface area contributed by atoms with Crippen LogP contribution in [0.15, 0.2) is 36.4 Å².